The summed E-state index contributed by atoms with van der Waals surface area (Å²) in [5, 5.41) is 14.1. The standard InChI is InChI=1S/C12H18N4O4/c1-2-4-13-11-10(16(17)18)12(15-8-14-11)20-7-9-3-5-19-6-9/h8-9H,2-7H2,1H3,(H,13,14,15). The van der Waals surface area contributed by atoms with Crippen molar-refractivity contribution < 1.29 is 14.4 Å². The van der Waals surface area contributed by atoms with E-state index in [1.54, 1.807) is 0 Å². The average molecular weight is 282 g/mol. The molecule has 0 saturated carbocycles. The first-order valence-electron chi connectivity index (χ1n) is 6.66. The Morgan fingerprint density at radius 1 is 1.60 bits per heavy atom. The van der Waals surface area contributed by atoms with Crippen molar-refractivity contribution in [3.8, 4) is 5.88 Å². The molecule has 1 fully saturated rings. The van der Waals surface area contributed by atoms with Gasteiger partial charge in [-0.1, -0.05) is 6.92 Å². The third-order valence-electron chi connectivity index (χ3n) is 2.99. The quantitative estimate of drug-likeness (QED) is 0.599. The molecule has 0 amide bonds. The minimum atomic E-state index is -0.515. The lowest BCUT2D eigenvalue weighted by molar-refractivity contribution is -0.385. The molecule has 1 N–H and O–H groups in total. The van der Waals surface area contributed by atoms with E-state index in [-0.39, 0.29) is 23.3 Å². The second-order valence-corrected chi connectivity index (χ2v) is 4.60. The molecular formula is C12H18N4O4. The van der Waals surface area contributed by atoms with E-state index in [0.29, 0.717) is 26.4 Å². The summed E-state index contributed by atoms with van der Waals surface area (Å²) in [5.41, 5.74) is -0.208. The number of nitrogens with zero attached hydrogens (tertiary/aromatic N) is 3. The van der Waals surface area contributed by atoms with Crippen molar-refractivity contribution in [1.82, 2.24) is 9.97 Å². The number of anilines is 1. The molecule has 0 bridgehead atoms. The molecule has 1 unspecified atom stereocenters. The van der Waals surface area contributed by atoms with E-state index >= 15 is 0 Å². The number of hydrogen-bond acceptors (Lipinski definition) is 7. The van der Waals surface area contributed by atoms with Gasteiger partial charge in [-0.15, -0.1) is 0 Å². The van der Waals surface area contributed by atoms with E-state index < -0.39 is 4.92 Å². The van der Waals surface area contributed by atoms with Gasteiger partial charge in [-0.25, -0.2) is 4.98 Å². The summed E-state index contributed by atoms with van der Waals surface area (Å²) in [6, 6.07) is 0. The molecule has 0 aliphatic carbocycles. The molecule has 1 aromatic heterocycles. The molecule has 8 nitrogen and oxygen atoms in total. The van der Waals surface area contributed by atoms with Crippen molar-refractivity contribution >= 4 is 11.5 Å². The van der Waals surface area contributed by atoms with E-state index in [2.05, 4.69) is 15.3 Å². The van der Waals surface area contributed by atoms with Gasteiger partial charge in [0, 0.05) is 19.1 Å². The zero-order valence-corrected chi connectivity index (χ0v) is 11.4. The molecule has 0 aromatic carbocycles. The molecule has 1 atom stereocenters. The number of nitro groups is 1. The van der Waals surface area contributed by atoms with Crippen LogP contribution in [-0.2, 0) is 4.74 Å². The summed E-state index contributed by atoms with van der Waals surface area (Å²) in [7, 11) is 0. The van der Waals surface area contributed by atoms with Gasteiger partial charge < -0.3 is 14.8 Å². The first-order valence-corrected chi connectivity index (χ1v) is 6.66. The molecule has 1 aliphatic rings. The van der Waals surface area contributed by atoms with E-state index in [4.69, 9.17) is 9.47 Å². The van der Waals surface area contributed by atoms with Crippen LogP contribution in [0.5, 0.6) is 5.88 Å². The van der Waals surface area contributed by atoms with Crippen molar-refractivity contribution in [3.05, 3.63) is 16.4 Å². The van der Waals surface area contributed by atoms with Crippen molar-refractivity contribution in [2.45, 2.75) is 19.8 Å². The highest BCUT2D eigenvalue weighted by atomic mass is 16.6. The first kappa shape index (κ1) is 14.4. The first-order chi connectivity index (χ1) is 9.72. The summed E-state index contributed by atoms with van der Waals surface area (Å²) in [6.45, 7) is 4.28. The van der Waals surface area contributed by atoms with Crippen molar-refractivity contribution in [1.29, 1.82) is 0 Å². The van der Waals surface area contributed by atoms with Gasteiger partial charge in [0.15, 0.2) is 0 Å². The molecule has 0 radical (unpaired) electrons. The van der Waals surface area contributed by atoms with Crippen LogP contribution in [0.25, 0.3) is 0 Å². The average Bonchev–Trinajstić information content (AvgIpc) is 2.95. The molecule has 1 aliphatic heterocycles. The SMILES string of the molecule is CCCNc1ncnc(OCC2CCOC2)c1[N+](=O)[O-]. The van der Waals surface area contributed by atoms with Crippen molar-refractivity contribution in [3.63, 3.8) is 0 Å². The normalized spacial score (nSPS) is 17.9. The fourth-order valence-electron chi connectivity index (χ4n) is 1.92. The Morgan fingerprint density at radius 3 is 3.10 bits per heavy atom. The molecular weight excluding hydrogens is 264 g/mol. The second kappa shape index (κ2) is 6.99. The zero-order valence-electron chi connectivity index (χ0n) is 11.4. The predicted octanol–water partition coefficient (Wildman–Crippen LogP) is 1.62. The van der Waals surface area contributed by atoms with E-state index in [1.165, 1.54) is 6.33 Å². The highest BCUT2D eigenvalue weighted by Gasteiger charge is 2.25. The van der Waals surface area contributed by atoms with Gasteiger partial charge in [0.2, 0.25) is 5.82 Å². The smallest absolute Gasteiger partial charge is 0.372 e. The fraction of sp³-hybridized carbons (Fsp3) is 0.667. The second-order valence-electron chi connectivity index (χ2n) is 4.60. The van der Waals surface area contributed by atoms with Crippen LogP contribution in [0.15, 0.2) is 6.33 Å². The summed E-state index contributed by atoms with van der Waals surface area (Å²) >= 11 is 0. The van der Waals surface area contributed by atoms with Gasteiger partial charge in [0.25, 0.3) is 5.88 Å². The van der Waals surface area contributed by atoms with Crippen LogP contribution >= 0.6 is 0 Å². The summed E-state index contributed by atoms with van der Waals surface area (Å²) in [4.78, 5) is 18.5. The van der Waals surface area contributed by atoms with Crippen LogP contribution in [0.2, 0.25) is 0 Å². The van der Waals surface area contributed by atoms with E-state index in [9.17, 15) is 10.1 Å². The third-order valence-corrected chi connectivity index (χ3v) is 2.99. The Hall–Kier alpha value is -1.96. The van der Waals surface area contributed by atoms with Crippen LogP contribution in [0, 0.1) is 16.0 Å². The van der Waals surface area contributed by atoms with Gasteiger partial charge in [0.05, 0.1) is 18.1 Å². The Bertz CT molecular complexity index is 463. The molecule has 0 spiro atoms. The zero-order chi connectivity index (χ0) is 14.4. The molecule has 20 heavy (non-hydrogen) atoms. The number of ether oxygens (including phenoxy) is 2. The largest absolute Gasteiger partial charge is 0.472 e. The summed E-state index contributed by atoms with van der Waals surface area (Å²) in [5.74, 6) is 0.469. The van der Waals surface area contributed by atoms with Gasteiger partial charge >= 0.3 is 5.69 Å². The van der Waals surface area contributed by atoms with Crippen LogP contribution in [0.3, 0.4) is 0 Å². The number of hydrogen-bond donors (Lipinski definition) is 1. The summed E-state index contributed by atoms with van der Waals surface area (Å²) in [6.07, 6.45) is 3.02. The van der Waals surface area contributed by atoms with E-state index in [1.807, 2.05) is 6.92 Å². The highest BCUT2D eigenvalue weighted by molar-refractivity contribution is 5.61. The predicted molar refractivity (Wildman–Crippen MR) is 71.9 cm³/mol. The maximum atomic E-state index is 11.2. The molecule has 8 heteroatoms. The Balaban J connectivity index is 2.11. The van der Waals surface area contributed by atoms with Gasteiger partial charge in [0.1, 0.15) is 6.33 Å². The van der Waals surface area contributed by atoms with Crippen LogP contribution in [0.4, 0.5) is 11.5 Å². The lowest BCUT2D eigenvalue weighted by Gasteiger charge is -2.11. The topological polar surface area (TPSA) is 99.4 Å². The number of nitrogens with one attached hydrogen (secondary N) is 1. The Labute approximate surface area is 116 Å². The fourth-order valence-corrected chi connectivity index (χ4v) is 1.92. The Morgan fingerprint density at radius 2 is 2.45 bits per heavy atom. The van der Waals surface area contributed by atoms with Crippen molar-refractivity contribution in [2.24, 2.45) is 5.92 Å². The lowest BCUT2D eigenvalue weighted by atomic mass is 10.1. The minimum Gasteiger partial charge on any atom is -0.472 e. The Kier molecular flexibility index (Phi) is 5.05. The van der Waals surface area contributed by atoms with Gasteiger partial charge in [-0.3, -0.25) is 10.1 Å². The highest BCUT2D eigenvalue weighted by Crippen LogP contribution is 2.31. The molecule has 2 heterocycles. The maximum Gasteiger partial charge on any atom is 0.372 e. The van der Waals surface area contributed by atoms with Crippen LogP contribution in [-0.4, -0.2) is 41.3 Å². The van der Waals surface area contributed by atoms with Crippen LogP contribution in [0.1, 0.15) is 19.8 Å². The number of rotatable bonds is 7. The van der Waals surface area contributed by atoms with Crippen molar-refractivity contribution in [2.75, 3.05) is 31.7 Å². The van der Waals surface area contributed by atoms with Crippen LogP contribution < -0.4 is 10.1 Å². The molecule has 110 valence electrons. The monoisotopic (exact) mass is 282 g/mol. The lowest BCUT2D eigenvalue weighted by Crippen LogP contribution is -2.14. The number of aromatic nitrogens is 2. The van der Waals surface area contributed by atoms with E-state index in [0.717, 1.165) is 12.8 Å². The molecule has 2 rings (SSSR count). The summed E-state index contributed by atoms with van der Waals surface area (Å²) < 4.78 is 10.7. The minimum absolute atomic E-state index is 0.00973. The van der Waals surface area contributed by atoms with Gasteiger partial charge in [-0.2, -0.15) is 4.98 Å². The molecule has 1 saturated heterocycles. The third kappa shape index (κ3) is 3.53. The van der Waals surface area contributed by atoms with Gasteiger partial charge in [-0.05, 0) is 12.8 Å². The maximum absolute atomic E-state index is 11.2. The molecule has 1 aromatic rings.